The number of aliphatic hydroxyl groups excluding tert-OH is 1. The summed E-state index contributed by atoms with van der Waals surface area (Å²) in [4.78, 5) is 11.9. The molecular formula is C22H32O2. The molecule has 2 heteroatoms. The molecule has 4 fully saturated rings. The molecule has 0 bridgehead atoms. The summed E-state index contributed by atoms with van der Waals surface area (Å²) in [6, 6.07) is 0. The fourth-order valence-corrected chi connectivity index (χ4v) is 8.26. The number of carbonyl (C=O) groups excluding carboxylic acids is 1. The van der Waals surface area contributed by atoms with Crippen LogP contribution < -0.4 is 0 Å². The van der Waals surface area contributed by atoms with E-state index < -0.39 is 0 Å². The number of aliphatic hydroxyl groups is 1. The van der Waals surface area contributed by atoms with Crippen molar-refractivity contribution >= 4 is 5.78 Å². The van der Waals surface area contributed by atoms with Crippen LogP contribution in [-0.2, 0) is 4.79 Å². The van der Waals surface area contributed by atoms with Crippen molar-refractivity contribution < 1.29 is 9.90 Å². The van der Waals surface area contributed by atoms with Gasteiger partial charge in [0.1, 0.15) is 0 Å². The zero-order valence-corrected chi connectivity index (χ0v) is 15.0. The van der Waals surface area contributed by atoms with Crippen LogP contribution in [-0.4, -0.2) is 17.0 Å². The van der Waals surface area contributed by atoms with E-state index in [1.54, 1.807) is 0 Å². The van der Waals surface area contributed by atoms with E-state index in [0.29, 0.717) is 22.5 Å². The summed E-state index contributed by atoms with van der Waals surface area (Å²) in [5.74, 6) is 4.32. The van der Waals surface area contributed by atoms with Crippen LogP contribution >= 0.6 is 0 Å². The number of hydrogen-bond acceptors (Lipinski definition) is 2. The molecule has 4 saturated carbocycles. The largest absolute Gasteiger partial charge is 0.393 e. The summed E-state index contributed by atoms with van der Waals surface area (Å²) in [7, 11) is 0. The maximum Gasteiger partial charge on any atom is 0.155 e. The van der Waals surface area contributed by atoms with Gasteiger partial charge in [-0.3, -0.25) is 4.79 Å². The number of allylic oxidation sites excluding steroid dienone is 2. The van der Waals surface area contributed by atoms with E-state index in [2.05, 4.69) is 13.0 Å². The van der Waals surface area contributed by atoms with Gasteiger partial charge in [0.05, 0.1) is 6.10 Å². The van der Waals surface area contributed by atoms with Gasteiger partial charge in [-0.2, -0.15) is 0 Å². The molecular weight excluding hydrogens is 296 g/mol. The average molecular weight is 328 g/mol. The Hall–Kier alpha value is -0.630. The number of rotatable bonds is 0. The van der Waals surface area contributed by atoms with E-state index >= 15 is 0 Å². The number of fused-ring (bicyclic) bond motifs is 4. The standard InChI is InChI=1S/C22H32O2/c1-21-9-6-16(23)12-14(21)2-4-18-19(21)8-11-22-10-7-17(24)13-15(22)3-5-20(18)22/h7,10,14-16,18-20,23H,2-6,8-9,11-13H2,1H3/t14-,15?,16+,18?,19?,20?,21-,22?/m0/s1. The normalized spacial score (nSPS) is 56.2. The molecule has 132 valence electrons. The lowest BCUT2D eigenvalue weighted by molar-refractivity contribution is -0.127. The van der Waals surface area contributed by atoms with Gasteiger partial charge >= 0.3 is 0 Å². The molecule has 0 aliphatic heterocycles. The number of carbonyl (C=O) groups is 1. The van der Waals surface area contributed by atoms with Crippen molar-refractivity contribution in [3.8, 4) is 0 Å². The van der Waals surface area contributed by atoms with Gasteiger partial charge in [-0.1, -0.05) is 13.0 Å². The quantitative estimate of drug-likeness (QED) is 0.710. The smallest absolute Gasteiger partial charge is 0.155 e. The highest BCUT2D eigenvalue weighted by Crippen LogP contribution is 2.68. The fraction of sp³-hybridized carbons (Fsp3) is 0.864. The van der Waals surface area contributed by atoms with Crippen LogP contribution in [0.25, 0.3) is 0 Å². The molecule has 0 heterocycles. The van der Waals surface area contributed by atoms with Crippen molar-refractivity contribution in [3.05, 3.63) is 12.2 Å². The molecule has 8 atom stereocenters. The van der Waals surface area contributed by atoms with Crippen LogP contribution in [0, 0.1) is 40.4 Å². The Morgan fingerprint density at radius 2 is 1.83 bits per heavy atom. The molecule has 0 aromatic rings. The van der Waals surface area contributed by atoms with E-state index in [1.807, 2.05) is 6.08 Å². The predicted octanol–water partition coefficient (Wildman–Crippen LogP) is 4.52. The predicted molar refractivity (Wildman–Crippen MR) is 94.3 cm³/mol. The molecule has 5 rings (SSSR count). The van der Waals surface area contributed by atoms with Crippen molar-refractivity contribution in [2.45, 2.75) is 77.2 Å². The van der Waals surface area contributed by atoms with E-state index in [0.717, 1.165) is 42.9 Å². The Balaban J connectivity index is 1.47. The van der Waals surface area contributed by atoms with Gasteiger partial charge < -0.3 is 5.11 Å². The second kappa shape index (κ2) is 5.19. The lowest BCUT2D eigenvalue weighted by Crippen LogP contribution is -2.54. The van der Waals surface area contributed by atoms with E-state index in [4.69, 9.17) is 0 Å². The molecule has 5 unspecified atom stereocenters. The summed E-state index contributed by atoms with van der Waals surface area (Å²) in [6.45, 7) is 2.56. The summed E-state index contributed by atoms with van der Waals surface area (Å²) in [6.07, 6.45) is 16.4. The average Bonchev–Trinajstić information content (AvgIpc) is 2.94. The first-order valence-electron chi connectivity index (χ1n) is 10.4. The van der Waals surface area contributed by atoms with Gasteiger partial charge in [-0.15, -0.1) is 0 Å². The monoisotopic (exact) mass is 328 g/mol. The first-order valence-corrected chi connectivity index (χ1v) is 10.4. The molecule has 0 aromatic heterocycles. The third kappa shape index (κ3) is 1.95. The van der Waals surface area contributed by atoms with Gasteiger partial charge in [0, 0.05) is 6.42 Å². The van der Waals surface area contributed by atoms with Crippen LogP contribution in [0.3, 0.4) is 0 Å². The Kier molecular flexibility index (Phi) is 3.38. The van der Waals surface area contributed by atoms with E-state index in [9.17, 15) is 9.90 Å². The molecule has 0 saturated heterocycles. The highest BCUT2D eigenvalue weighted by atomic mass is 16.3. The number of ketones is 1. The Bertz CT molecular complexity index is 581. The second-order valence-corrected chi connectivity index (χ2v) is 10.0. The van der Waals surface area contributed by atoms with Crippen molar-refractivity contribution in [1.29, 1.82) is 0 Å². The van der Waals surface area contributed by atoms with Gasteiger partial charge in [-0.25, -0.2) is 0 Å². The van der Waals surface area contributed by atoms with Crippen molar-refractivity contribution in [2.75, 3.05) is 0 Å². The minimum atomic E-state index is -0.0438. The first-order chi connectivity index (χ1) is 11.5. The Labute approximate surface area is 146 Å². The van der Waals surface area contributed by atoms with Crippen LogP contribution in [0.5, 0.6) is 0 Å². The van der Waals surface area contributed by atoms with Crippen LogP contribution in [0.1, 0.15) is 71.1 Å². The minimum absolute atomic E-state index is 0.0438. The van der Waals surface area contributed by atoms with Crippen LogP contribution in [0.2, 0.25) is 0 Å². The van der Waals surface area contributed by atoms with Gasteiger partial charge in [0.2, 0.25) is 0 Å². The van der Waals surface area contributed by atoms with Crippen molar-refractivity contribution in [1.82, 2.24) is 0 Å². The Morgan fingerprint density at radius 3 is 2.71 bits per heavy atom. The van der Waals surface area contributed by atoms with Gasteiger partial charge in [-0.05, 0) is 104 Å². The topological polar surface area (TPSA) is 37.3 Å². The number of hydrogen-bond donors (Lipinski definition) is 1. The van der Waals surface area contributed by atoms with E-state index in [-0.39, 0.29) is 6.10 Å². The third-order valence-corrected chi connectivity index (χ3v) is 9.43. The van der Waals surface area contributed by atoms with E-state index in [1.165, 1.54) is 44.9 Å². The summed E-state index contributed by atoms with van der Waals surface area (Å²) >= 11 is 0. The van der Waals surface area contributed by atoms with Crippen LogP contribution in [0.4, 0.5) is 0 Å². The lowest BCUT2D eigenvalue weighted by Gasteiger charge is -2.61. The highest BCUT2D eigenvalue weighted by molar-refractivity contribution is 5.91. The zero-order valence-electron chi connectivity index (χ0n) is 15.0. The zero-order chi connectivity index (χ0) is 16.5. The highest BCUT2D eigenvalue weighted by Gasteiger charge is 2.61. The summed E-state index contributed by atoms with van der Waals surface area (Å²) in [5, 5.41) is 10.1. The molecule has 24 heavy (non-hydrogen) atoms. The van der Waals surface area contributed by atoms with Crippen molar-refractivity contribution in [3.63, 3.8) is 0 Å². The Morgan fingerprint density at radius 1 is 1.00 bits per heavy atom. The van der Waals surface area contributed by atoms with Crippen molar-refractivity contribution in [2.24, 2.45) is 40.4 Å². The third-order valence-electron chi connectivity index (χ3n) is 9.43. The minimum Gasteiger partial charge on any atom is -0.393 e. The summed E-state index contributed by atoms with van der Waals surface area (Å²) in [5.41, 5.74) is 0.836. The molecule has 1 N–H and O–H groups in total. The SMILES string of the molecule is C[C@]12CC[C@@H](O)C[C@@H]1CCC1C3CCC4CC(=O)C=CC43CCC12. The first kappa shape index (κ1) is 15.6. The maximum absolute atomic E-state index is 11.9. The second-order valence-electron chi connectivity index (χ2n) is 10.0. The molecule has 1 spiro atoms. The summed E-state index contributed by atoms with van der Waals surface area (Å²) < 4.78 is 0. The molecule has 2 nitrogen and oxygen atoms in total. The van der Waals surface area contributed by atoms with Crippen LogP contribution in [0.15, 0.2) is 12.2 Å². The van der Waals surface area contributed by atoms with Gasteiger partial charge in [0.25, 0.3) is 0 Å². The van der Waals surface area contributed by atoms with Gasteiger partial charge in [0.15, 0.2) is 5.78 Å². The fourth-order valence-electron chi connectivity index (χ4n) is 8.26. The molecule has 0 amide bonds. The molecule has 0 aromatic carbocycles. The maximum atomic E-state index is 11.9. The molecule has 5 aliphatic carbocycles. The molecule has 5 aliphatic rings. The lowest BCUT2D eigenvalue weighted by atomic mass is 9.44. The molecule has 0 radical (unpaired) electrons.